The average Bonchev–Trinajstić information content (AvgIpc) is 3.05. The molecule has 0 unspecified atom stereocenters. The van der Waals surface area contributed by atoms with Crippen LogP contribution in [0.1, 0.15) is 54.3 Å². The van der Waals surface area contributed by atoms with E-state index in [9.17, 15) is 4.79 Å². The molecule has 1 aliphatic carbocycles. The molecule has 5 nitrogen and oxygen atoms in total. The first kappa shape index (κ1) is 13.3. The number of likely N-dealkylation sites (tertiary alicyclic amines) is 1. The fourth-order valence-corrected chi connectivity index (χ4v) is 3.61. The van der Waals surface area contributed by atoms with E-state index in [1.807, 2.05) is 11.0 Å². The van der Waals surface area contributed by atoms with Crippen molar-refractivity contribution in [1.82, 2.24) is 10.1 Å². The Balaban J connectivity index is 1.35. The standard InChI is InChI=1S/C16H22N2O3/c19-16(14-9-15(21-17-14)12-1-2-12)18-6-3-11(4-7-18)13-5-8-20-10-13/h9,11-13H,1-8,10H2/t13-/m0/s1. The van der Waals surface area contributed by atoms with Gasteiger partial charge in [-0.25, -0.2) is 0 Å². The van der Waals surface area contributed by atoms with Gasteiger partial charge in [-0.15, -0.1) is 0 Å². The lowest BCUT2D eigenvalue weighted by Crippen LogP contribution is -2.40. The van der Waals surface area contributed by atoms with Crippen LogP contribution in [-0.4, -0.2) is 42.3 Å². The Bertz CT molecular complexity index is 509. The summed E-state index contributed by atoms with van der Waals surface area (Å²) < 4.78 is 10.8. The van der Waals surface area contributed by atoms with Crippen molar-refractivity contribution in [1.29, 1.82) is 0 Å². The number of hydrogen-bond donors (Lipinski definition) is 0. The predicted octanol–water partition coefficient (Wildman–Crippen LogP) is 2.44. The summed E-state index contributed by atoms with van der Waals surface area (Å²) in [6.07, 6.45) is 5.70. The molecule has 0 aromatic carbocycles. The van der Waals surface area contributed by atoms with E-state index in [0.29, 0.717) is 17.5 Å². The van der Waals surface area contributed by atoms with Crippen molar-refractivity contribution in [2.45, 2.75) is 38.0 Å². The van der Waals surface area contributed by atoms with Crippen LogP contribution < -0.4 is 0 Å². The van der Waals surface area contributed by atoms with Crippen molar-refractivity contribution >= 4 is 5.91 Å². The van der Waals surface area contributed by atoms with E-state index in [2.05, 4.69) is 5.16 Å². The molecule has 0 spiro atoms. The van der Waals surface area contributed by atoms with E-state index in [4.69, 9.17) is 9.26 Å². The third-order valence-electron chi connectivity index (χ3n) is 5.19. The van der Waals surface area contributed by atoms with Gasteiger partial charge in [-0.3, -0.25) is 4.79 Å². The third-order valence-corrected chi connectivity index (χ3v) is 5.19. The summed E-state index contributed by atoms with van der Waals surface area (Å²) in [6, 6.07) is 1.84. The maximum Gasteiger partial charge on any atom is 0.276 e. The van der Waals surface area contributed by atoms with Crippen LogP contribution in [0.15, 0.2) is 10.6 Å². The molecule has 2 aliphatic heterocycles. The summed E-state index contributed by atoms with van der Waals surface area (Å²) >= 11 is 0. The first-order valence-corrected chi connectivity index (χ1v) is 8.15. The molecular formula is C16H22N2O3. The smallest absolute Gasteiger partial charge is 0.276 e. The number of nitrogens with zero attached hydrogens (tertiary/aromatic N) is 2. The van der Waals surface area contributed by atoms with Crippen molar-refractivity contribution in [3.05, 3.63) is 17.5 Å². The minimum atomic E-state index is 0.0340. The Morgan fingerprint density at radius 1 is 1.14 bits per heavy atom. The molecule has 3 heterocycles. The Morgan fingerprint density at radius 3 is 2.62 bits per heavy atom. The molecule has 5 heteroatoms. The highest BCUT2D eigenvalue weighted by molar-refractivity contribution is 5.92. The molecule has 3 aliphatic rings. The second kappa shape index (κ2) is 5.44. The van der Waals surface area contributed by atoms with Crippen LogP contribution >= 0.6 is 0 Å². The van der Waals surface area contributed by atoms with E-state index in [-0.39, 0.29) is 5.91 Å². The van der Waals surface area contributed by atoms with Crippen molar-refractivity contribution in [2.75, 3.05) is 26.3 Å². The van der Waals surface area contributed by atoms with Crippen LogP contribution in [0.3, 0.4) is 0 Å². The van der Waals surface area contributed by atoms with E-state index in [0.717, 1.165) is 63.7 Å². The normalized spacial score (nSPS) is 27.2. The van der Waals surface area contributed by atoms with Gasteiger partial charge in [0.05, 0.1) is 0 Å². The Kier molecular flexibility index (Phi) is 3.45. The lowest BCUT2D eigenvalue weighted by molar-refractivity contribution is 0.0638. The fourth-order valence-electron chi connectivity index (χ4n) is 3.61. The topological polar surface area (TPSA) is 55.6 Å². The third kappa shape index (κ3) is 2.71. The summed E-state index contributed by atoms with van der Waals surface area (Å²) in [4.78, 5) is 14.4. The SMILES string of the molecule is O=C(c1cc(C2CC2)on1)N1CCC([C@H]2CCOC2)CC1. The Morgan fingerprint density at radius 2 is 1.95 bits per heavy atom. The van der Waals surface area contributed by atoms with Crippen LogP contribution in [0.25, 0.3) is 0 Å². The molecule has 21 heavy (non-hydrogen) atoms. The molecule has 1 aromatic rings. The molecule has 0 radical (unpaired) electrons. The highest BCUT2D eigenvalue weighted by Crippen LogP contribution is 2.40. The van der Waals surface area contributed by atoms with Crippen molar-refractivity contribution in [3.63, 3.8) is 0 Å². The largest absolute Gasteiger partial charge is 0.381 e. The van der Waals surface area contributed by atoms with Gasteiger partial charge in [-0.1, -0.05) is 5.16 Å². The molecule has 1 aromatic heterocycles. The molecule has 2 saturated heterocycles. The van der Waals surface area contributed by atoms with Gasteiger partial charge in [-0.2, -0.15) is 0 Å². The number of hydrogen-bond acceptors (Lipinski definition) is 4. The first-order chi connectivity index (χ1) is 10.3. The number of ether oxygens (including phenoxy) is 1. The lowest BCUT2D eigenvalue weighted by Gasteiger charge is -2.34. The van der Waals surface area contributed by atoms with Crippen molar-refractivity contribution in [3.8, 4) is 0 Å². The minimum absolute atomic E-state index is 0.0340. The Labute approximate surface area is 124 Å². The molecule has 4 rings (SSSR count). The van der Waals surface area contributed by atoms with Crippen LogP contribution in [0.5, 0.6) is 0 Å². The summed E-state index contributed by atoms with van der Waals surface area (Å²) in [7, 11) is 0. The van der Waals surface area contributed by atoms with Gasteiger partial charge in [0, 0.05) is 38.3 Å². The molecule has 114 valence electrons. The summed E-state index contributed by atoms with van der Waals surface area (Å²) in [5.74, 6) is 2.85. The number of amides is 1. The predicted molar refractivity (Wildman–Crippen MR) is 76.0 cm³/mol. The highest BCUT2D eigenvalue weighted by atomic mass is 16.5. The Hall–Kier alpha value is -1.36. The second-order valence-electron chi connectivity index (χ2n) is 6.64. The van der Waals surface area contributed by atoms with Gasteiger partial charge in [-0.05, 0) is 43.9 Å². The molecule has 0 bridgehead atoms. The maximum atomic E-state index is 12.5. The van der Waals surface area contributed by atoms with Gasteiger partial charge in [0.15, 0.2) is 5.69 Å². The molecule has 0 N–H and O–H groups in total. The zero-order valence-corrected chi connectivity index (χ0v) is 12.3. The van der Waals surface area contributed by atoms with E-state index in [1.54, 1.807) is 0 Å². The first-order valence-electron chi connectivity index (χ1n) is 8.15. The van der Waals surface area contributed by atoms with Crippen LogP contribution in [0.2, 0.25) is 0 Å². The number of rotatable bonds is 3. The second-order valence-corrected chi connectivity index (χ2v) is 6.64. The molecule has 3 fully saturated rings. The van der Waals surface area contributed by atoms with Gasteiger partial charge < -0.3 is 14.2 Å². The maximum absolute atomic E-state index is 12.5. The fraction of sp³-hybridized carbons (Fsp3) is 0.750. The van der Waals surface area contributed by atoms with Crippen LogP contribution in [-0.2, 0) is 4.74 Å². The number of carbonyl (C=O) groups excluding carboxylic acids is 1. The molecule has 1 amide bonds. The average molecular weight is 290 g/mol. The molecular weight excluding hydrogens is 268 g/mol. The molecule has 1 atom stereocenters. The summed E-state index contributed by atoms with van der Waals surface area (Å²) in [5, 5.41) is 3.96. The van der Waals surface area contributed by atoms with Crippen molar-refractivity contribution < 1.29 is 14.1 Å². The van der Waals surface area contributed by atoms with E-state index >= 15 is 0 Å². The zero-order chi connectivity index (χ0) is 14.2. The molecule has 1 saturated carbocycles. The van der Waals surface area contributed by atoms with E-state index in [1.165, 1.54) is 6.42 Å². The van der Waals surface area contributed by atoms with Gasteiger partial charge in [0.25, 0.3) is 5.91 Å². The number of aromatic nitrogens is 1. The minimum Gasteiger partial charge on any atom is -0.381 e. The van der Waals surface area contributed by atoms with Crippen molar-refractivity contribution in [2.24, 2.45) is 11.8 Å². The van der Waals surface area contributed by atoms with Gasteiger partial charge in [0.1, 0.15) is 5.76 Å². The zero-order valence-electron chi connectivity index (χ0n) is 12.3. The highest BCUT2D eigenvalue weighted by Gasteiger charge is 2.33. The van der Waals surface area contributed by atoms with Gasteiger partial charge >= 0.3 is 0 Å². The lowest BCUT2D eigenvalue weighted by atomic mass is 9.84. The summed E-state index contributed by atoms with van der Waals surface area (Å²) in [6.45, 7) is 3.50. The number of piperidine rings is 1. The number of carbonyl (C=O) groups is 1. The summed E-state index contributed by atoms with van der Waals surface area (Å²) in [5.41, 5.74) is 0.486. The van der Waals surface area contributed by atoms with Crippen LogP contribution in [0, 0.1) is 11.8 Å². The quantitative estimate of drug-likeness (QED) is 0.858. The van der Waals surface area contributed by atoms with Gasteiger partial charge in [0.2, 0.25) is 0 Å². The van der Waals surface area contributed by atoms with Crippen LogP contribution in [0.4, 0.5) is 0 Å². The van der Waals surface area contributed by atoms with E-state index < -0.39 is 0 Å². The monoisotopic (exact) mass is 290 g/mol.